The summed E-state index contributed by atoms with van der Waals surface area (Å²) in [5.74, 6) is 0.234. The molecule has 0 aromatic carbocycles. The van der Waals surface area contributed by atoms with Crippen molar-refractivity contribution in [1.82, 2.24) is 9.21 Å². The second-order valence-corrected chi connectivity index (χ2v) is 6.89. The highest BCUT2D eigenvalue weighted by Gasteiger charge is 2.28. The first kappa shape index (κ1) is 14.8. The number of nitrogens with zero attached hydrogens (tertiary/aromatic N) is 2. The number of hydrogen-bond donors (Lipinski definition) is 1. The summed E-state index contributed by atoms with van der Waals surface area (Å²) in [4.78, 5) is 2.59. The van der Waals surface area contributed by atoms with E-state index in [-0.39, 0.29) is 11.8 Å². The third-order valence-electron chi connectivity index (χ3n) is 3.09. The Hall–Kier alpha value is -0.240. The minimum Gasteiger partial charge on any atom is -0.392 e. The zero-order valence-corrected chi connectivity index (χ0v) is 12.1. The fourth-order valence-corrected chi connectivity index (χ4v) is 3.58. The van der Waals surface area contributed by atoms with Crippen molar-refractivity contribution in [2.45, 2.75) is 26.3 Å². The summed E-state index contributed by atoms with van der Waals surface area (Å²) in [6.45, 7) is 6.30. The van der Waals surface area contributed by atoms with Gasteiger partial charge in [-0.05, 0) is 13.3 Å². The molecule has 0 saturated carbocycles. The summed E-state index contributed by atoms with van der Waals surface area (Å²) in [6, 6.07) is 0.0426. The molecular formula is C10H21N3O2S2. The van der Waals surface area contributed by atoms with Crippen LogP contribution in [-0.2, 0) is 10.0 Å². The molecule has 0 radical (unpaired) electrons. The number of thiocarbonyl (C=S) groups is 1. The summed E-state index contributed by atoms with van der Waals surface area (Å²) >= 11 is 4.95. The Bertz CT molecular complexity index is 362. The van der Waals surface area contributed by atoms with Gasteiger partial charge in [0.25, 0.3) is 0 Å². The molecule has 7 heteroatoms. The van der Waals surface area contributed by atoms with E-state index >= 15 is 0 Å². The highest BCUT2D eigenvalue weighted by Crippen LogP contribution is 2.11. The van der Waals surface area contributed by atoms with Gasteiger partial charge in [0.1, 0.15) is 0 Å². The van der Waals surface area contributed by atoms with Crippen molar-refractivity contribution >= 4 is 27.2 Å². The molecule has 1 fully saturated rings. The Morgan fingerprint density at radius 2 is 1.88 bits per heavy atom. The van der Waals surface area contributed by atoms with Gasteiger partial charge in [-0.2, -0.15) is 4.31 Å². The van der Waals surface area contributed by atoms with Crippen LogP contribution in [-0.4, -0.2) is 60.6 Å². The van der Waals surface area contributed by atoms with Gasteiger partial charge in [-0.3, -0.25) is 4.90 Å². The second-order valence-electron chi connectivity index (χ2n) is 4.33. The lowest BCUT2D eigenvalue weighted by Crippen LogP contribution is -2.54. The van der Waals surface area contributed by atoms with E-state index < -0.39 is 10.0 Å². The molecule has 1 atom stereocenters. The van der Waals surface area contributed by atoms with Gasteiger partial charge in [0.2, 0.25) is 10.0 Å². The topological polar surface area (TPSA) is 66.6 Å². The quantitative estimate of drug-likeness (QED) is 0.719. The van der Waals surface area contributed by atoms with Crippen LogP contribution in [0.15, 0.2) is 0 Å². The minimum absolute atomic E-state index is 0.0426. The van der Waals surface area contributed by atoms with Crippen molar-refractivity contribution in [2.75, 3.05) is 31.9 Å². The van der Waals surface area contributed by atoms with Crippen LogP contribution in [0.5, 0.6) is 0 Å². The summed E-state index contributed by atoms with van der Waals surface area (Å²) in [7, 11) is -3.06. The number of nitrogens with two attached hydrogens (primary N) is 1. The number of hydrogen-bond acceptors (Lipinski definition) is 4. The molecule has 1 heterocycles. The van der Waals surface area contributed by atoms with E-state index in [4.69, 9.17) is 18.0 Å². The Morgan fingerprint density at radius 3 is 2.29 bits per heavy atom. The maximum absolute atomic E-state index is 11.9. The van der Waals surface area contributed by atoms with Gasteiger partial charge in [-0.25, -0.2) is 8.42 Å². The molecular weight excluding hydrogens is 258 g/mol. The first-order chi connectivity index (χ1) is 7.88. The summed E-state index contributed by atoms with van der Waals surface area (Å²) in [5, 5.41) is 0. The molecule has 1 saturated heterocycles. The highest BCUT2D eigenvalue weighted by atomic mass is 32.2. The van der Waals surface area contributed by atoms with E-state index in [9.17, 15) is 8.42 Å². The SMILES string of the molecule is CCCS(=O)(=O)N1CCN(C(C)C(N)=S)CC1. The zero-order chi connectivity index (χ0) is 13.1. The number of piperazine rings is 1. The Kier molecular flexibility index (Phi) is 5.30. The van der Waals surface area contributed by atoms with Gasteiger partial charge in [0.05, 0.1) is 16.8 Å². The molecule has 0 amide bonds. The highest BCUT2D eigenvalue weighted by molar-refractivity contribution is 7.89. The third kappa shape index (κ3) is 3.87. The van der Waals surface area contributed by atoms with E-state index in [1.165, 1.54) is 0 Å². The lowest BCUT2D eigenvalue weighted by molar-refractivity contribution is 0.175. The van der Waals surface area contributed by atoms with Crippen LogP contribution >= 0.6 is 12.2 Å². The molecule has 0 spiro atoms. The number of sulfonamides is 1. The summed E-state index contributed by atoms with van der Waals surface area (Å²) in [5.41, 5.74) is 5.59. The Morgan fingerprint density at radius 1 is 1.35 bits per heavy atom. The van der Waals surface area contributed by atoms with Crippen LogP contribution in [0.4, 0.5) is 0 Å². The van der Waals surface area contributed by atoms with Crippen LogP contribution in [0.25, 0.3) is 0 Å². The van der Waals surface area contributed by atoms with Crippen molar-refractivity contribution in [1.29, 1.82) is 0 Å². The van der Waals surface area contributed by atoms with Gasteiger partial charge < -0.3 is 5.73 Å². The standard InChI is InChI=1S/C10H21N3O2S2/c1-3-8-17(14,15)13-6-4-12(5-7-13)9(2)10(11)16/h9H,3-8H2,1-2H3,(H2,11,16). The van der Waals surface area contributed by atoms with Gasteiger partial charge in [-0.15, -0.1) is 0 Å². The van der Waals surface area contributed by atoms with Gasteiger partial charge in [0, 0.05) is 26.2 Å². The number of rotatable bonds is 5. The molecule has 1 unspecified atom stereocenters. The van der Waals surface area contributed by atoms with Crippen LogP contribution in [0.2, 0.25) is 0 Å². The van der Waals surface area contributed by atoms with E-state index in [0.29, 0.717) is 37.6 Å². The minimum atomic E-state index is -3.06. The van der Waals surface area contributed by atoms with Gasteiger partial charge in [0.15, 0.2) is 0 Å². The fraction of sp³-hybridized carbons (Fsp3) is 0.900. The van der Waals surface area contributed by atoms with Crippen molar-refractivity contribution in [2.24, 2.45) is 5.73 Å². The third-order valence-corrected chi connectivity index (χ3v) is 5.51. The monoisotopic (exact) mass is 279 g/mol. The predicted molar refractivity (Wildman–Crippen MR) is 73.5 cm³/mol. The molecule has 2 N–H and O–H groups in total. The van der Waals surface area contributed by atoms with Crippen LogP contribution < -0.4 is 5.73 Å². The first-order valence-corrected chi connectivity index (χ1v) is 7.91. The molecule has 17 heavy (non-hydrogen) atoms. The summed E-state index contributed by atoms with van der Waals surface area (Å²) < 4.78 is 25.3. The molecule has 0 aromatic heterocycles. The maximum atomic E-state index is 11.9. The average molecular weight is 279 g/mol. The molecule has 100 valence electrons. The molecule has 0 aromatic rings. The molecule has 5 nitrogen and oxygen atoms in total. The Balaban J connectivity index is 2.54. The molecule has 1 rings (SSSR count). The normalized spacial score (nSPS) is 21.3. The molecule has 1 aliphatic heterocycles. The average Bonchev–Trinajstić information content (AvgIpc) is 2.28. The van der Waals surface area contributed by atoms with Crippen LogP contribution in [0.1, 0.15) is 20.3 Å². The van der Waals surface area contributed by atoms with Crippen molar-refractivity contribution in [3.05, 3.63) is 0 Å². The lowest BCUT2D eigenvalue weighted by Gasteiger charge is -2.36. The smallest absolute Gasteiger partial charge is 0.214 e. The zero-order valence-electron chi connectivity index (χ0n) is 10.4. The second kappa shape index (κ2) is 6.08. The predicted octanol–water partition coefficient (Wildman–Crippen LogP) is 0.0184. The van der Waals surface area contributed by atoms with Crippen molar-refractivity contribution in [3.8, 4) is 0 Å². The van der Waals surface area contributed by atoms with E-state index in [1.807, 2.05) is 13.8 Å². The van der Waals surface area contributed by atoms with E-state index in [0.717, 1.165) is 0 Å². The van der Waals surface area contributed by atoms with Gasteiger partial charge in [-0.1, -0.05) is 19.1 Å². The molecule has 0 aliphatic carbocycles. The summed E-state index contributed by atoms with van der Waals surface area (Å²) in [6.07, 6.45) is 0.659. The van der Waals surface area contributed by atoms with Crippen molar-refractivity contribution in [3.63, 3.8) is 0 Å². The maximum Gasteiger partial charge on any atom is 0.214 e. The fourth-order valence-electron chi connectivity index (χ4n) is 1.94. The van der Waals surface area contributed by atoms with Crippen molar-refractivity contribution < 1.29 is 8.42 Å². The Labute approximate surface area is 109 Å². The molecule has 1 aliphatic rings. The van der Waals surface area contributed by atoms with Gasteiger partial charge >= 0.3 is 0 Å². The van der Waals surface area contributed by atoms with Crippen LogP contribution in [0.3, 0.4) is 0 Å². The largest absolute Gasteiger partial charge is 0.392 e. The first-order valence-electron chi connectivity index (χ1n) is 5.89. The van der Waals surface area contributed by atoms with E-state index in [1.54, 1.807) is 4.31 Å². The van der Waals surface area contributed by atoms with Crippen LogP contribution in [0, 0.1) is 0 Å². The molecule has 0 bridgehead atoms. The van der Waals surface area contributed by atoms with E-state index in [2.05, 4.69) is 4.90 Å². The lowest BCUT2D eigenvalue weighted by atomic mass is 10.2.